The maximum Gasteiger partial charge on any atom is 0.224 e. The van der Waals surface area contributed by atoms with Crippen LogP contribution in [0.1, 0.15) is 31.5 Å². The lowest BCUT2D eigenvalue weighted by Crippen LogP contribution is -2.43. The molecule has 5 heteroatoms. The van der Waals surface area contributed by atoms with Gasteiger partial charge in [-0.15, -0.1) is 6.58 Å². The fourth-order valence-corrected chi connectivity index (χ4v) is 3.51. The highest BCUT2D eigenvalue weighted by molar-refractivity contribution is 6.28. The third-order valence-corrected chi connectivity index (χ3v) is 4.95. The smallest absolute Gasteiger partial charge is 0.224 e. The quantitative estimate of drug-likeness (QED) is 0.618. The molecule has 0 amide bonds. The van der Waals surface area contributed by atoms with Crippen LogP contribution in [0.5, 0.6) is 0 Å². The molecule has 0 fully saturated rings. The monoisotopic (exact) mass is 318 g/mol. The summed E-state index contributed by atoms with van der Waals surface area (Å²) >= 11 is 6.20. The van der Waals surface area contributed by atoms with E-state index >= 15 is 0 Å². The zero-order valence-corrected chi connectivity index (χ0v) is 14.3. The van der Waals surface area contributed by atoms with Gasteiger partial charge in [-0.2, -0.15) is 4.98 Å². The molecule has 0 N–H and O–H groups in total. The van der Waals surface area contributed by atoms with Gasteiger partial charge in [-0.3, -0.25) is 0 Å². The summed E-state index contributed by atoms with van der Waals surface area (Å²) in [6, 6.07) is 0.362. The Hall–Kier alpha value is -1.55. The number of halogens is 1. The molecule has 1 aromatic heterocycles. The Bertz CT molecular complexity index is 625. The number of anilines is 1. The van der Waals surface area contributed by atoms with Gasteiger partial charge in [-0.1, -0.05) is 6.08 Å². The van der Waals surface area contributed by atoms with E-state index in [1.165, 1.54) is 11.3 Å². The number of likely N-dealkylation sites (N-methyl/N-ethyl adjacent to an activating group) is 1. The molecule has 118 valence electrons. The highest BCUT2D eigenvalue weighted by atomic mass is 35.5. The Labute approximate surface area is 137 Å². The Morgan fingerprint density at radius 1 is 1.41 bits per heavy atom. The molecule has 4 nitrogen and oxygen atoms in total. The van der Waals surface area contributed by atoms with Crippen LogP contribution in [0, 0.1) is 5.92 Å². The van der Waals surface area contributed by atoms with Gasteiger partial charge in [0.25, 0.3) is 0 Å². The normalized spacial score (nSPS) is 24.8. The van der Waals surface area contributed by atoms with E-state index in [1.54, 1.807) is 0 Å². The average Bonchev–Trinajstić information content (AvgIpc) is 2.49. The summed E-state index contributed by atoms with van der Waals surface area (Å²) in [5, 5.41) is 0.343. The zero-order chi connectivity index (χ0) is 15.9. The second-order valence-electron chi connectivity index (χ2n) is 6.39. The zero-order valence-electron chi connectivity index (χ0n) is 13.5. The minimum absolute atomic E-state index is 0.343. The van der Waals surface area contributed by atoms with Gasteiger partial charge in [0.1, 0.15) is 5.82 Å². The number of fused-ring (bicyclic) bond motifs is 1. The van der Waals surface area contributed by atoms with Gasteiger partial charge in [0.2, 0.25) is 5.28 Å². The first-order valence-electron chi connectivity index (χ1n) is 7.85. The average molecular weight is 319 g/mol. The van der Waals surface area contributed by atoms with Crippen LogP contribution in [0.25, 0.3) is 0 Å². The fourth-order valence-electron chi connectivity index (χ4n) is 3.33. The van der Waals surface area contributed by atoms with Crippen LogP contribution in [0.2, 0.25) is 5.28 Å². The topological polar surface area (TPSA) is 32.3 Å². The van der Waals surface area contributed by atoms with Crippen LogP contribution in [0.3, 0.4) is 0 Å². The van der Waals surface area contributed by atoms with E-state index in [0.717, 1.165) is 37.3 Å². The Morgan fingerprint density at radius 3 is 2.91 bits per heavy atom. The summed E-state index contributed by atoms with van der Waals surface area (Å²) in [6.07, 6.45) is 7.22. The number of nitrogens with zero attached hydrogens (tertiary/aromatic N) is 4. The second kappa shape index (κ2) is 5.92. The maximum absolute atomic E-state index is 6.20. The lowest BCUT2D eigenvalue weighted by molar-refractivity contribution is 0.364. The molecule has 2 aliphatic rings. The standard InChI is InChI=1S/C17H23ClN4/c1-5-13-6-7-14-15(8-13)19-17(18)20-16(14)22-10-11(2)21(4)9-12(22)3/h5,10,12-13H,1,6-9H2,2-4H3/t12-,13?/m0/s1. The fraction of sp³-hybridized carbons (Fsp3) is 0.529. The molecule has 22 heavy (non-hydrogen) atoms. The van der Waals surface area contributed by atoms with Crippen LogP contribution in [0.4, 0.5) is 5.82 Å². The molecule has 3 rings (SSSR count). The van der Waals surface area contributed by atoms with Crippen LogP contribution < -0.4 is 4.90 Å². The van der Waals surface area contributed by atoms with E-state index in [-0.39, 0.29) is 0 Å². The summed E-state index contributed by atoms with van der Waals surface area (Å²) < 4.78 is 0. The molecule has 0 radical (unpaired) electrons. The predicted octanol–water partition coefficient (Wildman–Crippen LogP) is 3.42. The van der Waals surface area contributed by atoms with Crippen molar-refractivity contribution >= 4 is 17.4 Å². The SMILES string of the molecule is C=CC1CCc2c(nc(Cl)nc2N2C=C(C)N(C)C[C@@H]2C)C1. The molecule has 1 unspecified atom stereocenters. The maximum atomic E-state index is 6.20. The Morgan fingerprint density at radius 2 is 2.18 bits per heavy atom. The van der Waals surface area contributed by atoms with Gasteiger partial charge in [-0.05, 0) is 50.6 Å². The highest BCUT2D eigenvalue weighted by Crippen LogP contribution is 2.34. The van der Waals surface area contributed by atoms with Crippen LogP contribution in [-0.2, 0) is 12.8 Å². The first-order valence-corrected chi connectivity index (χ1v) is 8.23. The molecule has 1 aliphatic carbocycles. The first-order chi connectivity index (χ1) is 10.5. The Kier molecular flexibility index (Phi) is 4.13. The highest BCUT2D eigenvalue weighted by Gasteiger charge is 2.28. The van der Waals surface area contributed by atoms with Crippen molar-refractivity contribution in [2.45, 2.75) is 39.2 Å². The van der Waals surface area contributed by atoms with E-state index in [2.05, 4.69) is 53.4 Å². The van der Waals surface area contributed by atoms with Gasteiger partial charge < -0.3 is 9.80 Å². The number of hydrogen-bond acceptors (Lipinski definition) is 4. The second-order valence-corrected chi connectivity index (χ2v) is 6.73. The third kappa shape index (κ3) is 2.72. The molecule has 2 heterocycles. The molecule has 1 aromatic rings. The van der Waals surface area contributed by atoms with Gasteiger partial charge in [0, 0.05) is 37.1 Å². The largest absolute Gasteiger partial charge is 0.375 e. The van der Waals surface area contributed by atoms with Crippen molar-refractivity contribution in [1.29, 1.82) is 0 Å². The van der Waals surface area contributed by atoms with Crippen LogP contribution >= 0.6 is 11.6 Å². The third-order valence-electron chi connectivity index (χ3n) is 4.78. The lowest BCUT2D eigenvalue weighted by atomic mass is 9.87. The molecule has 0 bridgehead atoms. The van der Waals surface area contributed by atoms with Crippen molar-refractivity contribution in [3.63, 3.8) is 0 Å². The Balaban J connectivity index is 2.04. The summed E-state index contributed by atoms with van der Waals surface area (Å²) in [5.74, 6) is 1.48. The van der Waals surface area contributed by atoms with E-state index in [9.17, 15) is 0 Å². The predicted molar refractivity (Wildman–Crippen MR) is 91.1 cm³/mol. The number of rotatable bonds is 2. The van der Waals surface area contributed by atoms with E-state index < -0.39 is 0 Å². The molecule has 0 saturated heterocycles. The molecule has 0 saturated carbocycles. The molecular weight excluding hydrogens is 296 g/mol. The molecule has 0 spiro atoms. The van der Waals surface area contributed by atoms with Crippen LogP contribution in [0.15, 0.2) is 24.6 Å². The minimum atomic E-state index is 0.343. The molecule has 1 aliphatic heterocycles. The number of aromatic nitrogens is 2. The van der Waals surface area contributed by atoms with Crippen molar-refractivity contribution in [3.8, 4) is 0 Å². The molecular formula is C17H23ClN4. The van der Waals surface area contributed by atoms with E-state index in [0.29, 0.717) is 17.2 Å². The first kappa shape index (κ1) is 15.3. The summed E-state index contributed by atoms with van der Waals surface area (Å²) in [6.45, 7) is 9.25. The van der Waals surface area contributed by atoms with Crippen LogP contribution in [-0.4, -0.2) is 34.5 Å². The molecule has 0 aromatic carbocycles. The van der Waals surface area contributed by atoms with E-state index in [4.69, 9.17) is 11.6 Å². The van der Waals surface area contributed by atoms with Crippen molar-refractivity contribution in [2.24, 2.45) is 5.92 Å². The van der Waals surface area contributed by atoms with E-state index in [1.807, 2.05) is 6.08 Å². The number of allylic oxidation sites excluding steroid dienone is 2. The van der Waals surface area contributed by atoms with Gasteiger partial charge >= 0.3 is 0 Å². The lowest BCUT2D eigenvalue weighted by Gasteiger charge is -2.39. The summed E-state index contributed by atoms with van der Waals surface area (Å²) in [7, 11) is 2.12. The van der Waals surface area contributed by atoms with Crippen molar-refractivity contribution in [1.82, 2.24) is 14.9 Å². The van der Waals surface area contributed by atoms with Crippen molar-refractivity contribution < 1.29 is 0 Å². The van der Waals surface area contributed by atoms with Gasteiger partial charge in [0.15, 0.2) is 0 Å². The van der Waals surface area contributed by atoms with Gasteiger partial charge in [-0.25, -0.2) is 4.98 Å². The van der Waals surface area contributed by atoms with Crippen molar-refractivity contribution in [3.05, 3.63) is 41.1 Å². The minimum Gasteiger partial charge on any atom is -0.375 e. The number of hydrogen-bond donors (Lipinski definition) is 0. The van der Waals surface area contributed by atoms with Gasteiger partial charge in [0.05, 0.1) is 5.69 Å². The molecule has 2 atom stereocenters. The van der Waals surface area contributed by atoms with Crippen molar-refractivity contribution in [2.75, 3.05) is 18.5 Å². The summed E-state index contributed by atoms with van der Waals surface area (Å²) in [4.78, 5) is 13.6. The summed E-state index contributed by atoms with van der Waals surface area (Å²) in [5.41, 5.74) is 3.58.